The minimum atomic E-state index is -0.818. The lowest BCUT2D eigenvalue weighted by atomic mass is 10.2. The quantitative estimate of drug-likeness (QED) is 0.653. The Hall–Kier alpha value is -1.74. The Morgan fingerprint density at radius 1 is 0.714 bits per heavy atom. The number of carbonyl (C=O) groups is 2. The molecule has 0 aliphatic carbocycles. The zero-order valence-corrected chi connectivity index (χ0v) is 18.5. The minimum Gasteiger partial charge on any atom is -0.348 e. The highest BCUT2D eigenvalue weighted by Crippen LogP contribution is 2.19. The molecule has 2 aromatic carbocycles. The molecule has 3 rings (SSSR count). The first-order chi connectivity index (χ1) is 13.3. The van der Waals surface area contributed by atoms with Crippen LogP contribution >= 0.6 is 31.9 Å². The van der Waals surface area contributed by atoms with Gasteiger partial charge >= 0.3 is 0 Å². The Morgan fingerprint density at radius 2 is 1.04 bits per heavy atom. The third-order valence-electron chi connectivity index (χ3n) is 4.42. The summed E-state index contributed by atoms with van der Waals surface area (Å²) in [5.41, 5.74) is 0.965. The third-order valence-corrected chi connectivity index (χ3v) is 5.48. The molecule has 0 saturated carbocycles. The van der Waals surface area contributed by atoms with E-state index in [0.717, 1.165) is 8.95 Å². The average Bonchev–Trinajstić information content (AvgIpc) is 2.66. The van der Waals surface area contributed by atoms with Crippen molar-refractivity contribution in [2.75, 3.05) is 0 Å². The fraction of sp³-hybridized carbons (Fsp3) is 0.300. The van der Waals surface area contributed by atoms with Gasteiger partial charge in [-0.15, -0.1) is 0 Å². The van der Waals surface area contributed by atoms with Crippen molar-refractivity contribution in [1.82, 2.24) is 10.6 Å². The molecular formula is C20H20Br2N2O4. The molecule has 1 aliphatic rings. The largest absolute Gasteiger partial charge is 0.348 e. The van der Waals surface area contributed by atoms with Crippen LogP contribution in [-0.2, 0) is 9.47 Å². The summed E-state index contributed by atoms with van der Waals surface area (Å²) < 4.78 is 13.5. The van der Waals surface area contributed by atoms with Gasteiger partial charge in [0, 0.05) is 20.1 Å². The standard InChI is InChI=1S/C20H20Br2N2O4/c1-11-12(2)28-20(24-18(26)14-5-9-16(22)10-6-14)19(27-11)23-17(25)13-3-7-15(21)8-4-13/h3-12,19-20H,1-2H3,(H,23,25)(H,24,26)/t11-,12-,19-,20-/m0/s1. The van der Waals surface area contributed by atoms with Crippen LogP contribution in [0.25, 0.3) is 0 Å². The SMILES string of the molecule is C[C@@H]1O[C@H](NC(=O)c2ccc(Br)cc2)[C@@H](NC(=O)c2ccc(Br)cc2)O[C@H]1C. The molecule has 1 saturated heterocycles. The predicted molar refractivity (Wildman–Crippen MR) is 112 cm³/mol. The fourth-order valence-corrected chi connectivity index (χ4v) is 3.20. The van der Waals surface area contributed by atoms with Crippen LogP contribution in [0.15, 0.2) is 57.5 Å². The van der Waals surface area contributed by atoms with Gasteiger partial charge in [0.25, 0.3) is 11.8 Å². The van der Waals surface area contributed by atoms with E-state index in [9.17, 15) is 9.59 Å². The summed E-state index contributed by atoms with van der Waals surface area (Å²) in [5, 5.41) is 5.60. The van der Waals surface area contributed by atoms with E-state index in [0.29, 0.717) is 11.1 Å². The molecule has 0 aromatic heterocycles. The van der Waals surface area contributed by atoms with E-state index >= 15 is 0 Å². The van der Waals surface area contributed by atoms with Gasteiger partial charge in [-0.05, 0) is 62.4 Å². The average molecular weight is 512 g/mol. The molecule has 0 radical (unpaired) electrons. The van der Waals surface area contributed by atoms with Gasteiger partial charge in [-0.3, -0.25) is 9.59 Å². The summed E-state index contributed by atoms with van der Waals surface area (Å²) in [6, 6.07) is 13.9. The Kier molecular flexibility index (Phi) is 6.87. The van der Waals surface area contributed by atoms with Gasteiger partial charge < -0.3 is 20.1 Å². The van der Waals surface area contributed by atoms with E-state index in [1.807, 2.05) is 13.8 Å². The highest BCUT2D eigenvalue weighted by atomic mass is 79.9. The van der Waals surface area contributed by atoms with Crippen molar-refractivity contribution in [3.05, 3.63) is 68.6 Å². The first-order valence-corrected chi connectivity index (χ1v) is 10.4. The number of hydrogen-bond acceptors (Lipinski definition) is 4. The predicted octanol–water partition coefficient (Wildman–Crippen LogP) is 3.85. The van der Waals surface area contributed by atoms with Gasteiger partial charge in [-0.2, -0.15) is 0 Å². The minimum absolute atomic E-state index is 0.240. The van der Waals surface area contributed by atoms with Gasteiger partial charge in [0.05, 0.1) is 12.2 Å². The van der Waals surface area contributed by atoms with Crippen molar-refractivity contribution in [2.24, 2.45) is 0 Å². The Balaban J connectivity index is 1.72. The van der Waals surface area contributed by atoms with Crippen molar-refractivity contribution in [2.45, 2.75) is 38.5 Å². The number of amides is 2. The molecule has 1 heterocycles. The normalized spacial score (nSPS) is 24.4. The zero-order valence-electron chi connectivity index (χ0n) is 15.3. The topological polar surface area (TPSA) is 76.7 Å². The number of hydrogen-bond donors (Lipinski definition) is 2. The second kappa shape index (κ2) is 9.17. The van der Waals surface area contributed by atoms with Gasteiger partial charge in [-0.1, -0.05) is 31.9 Å². The molecular weight excluding hydrogens is 492 g/mol. The second-order valence-electron chi connectivity index (χ2n) is 6.48. The van der Waals surface area contributed by atoms with Crippen LogP contribution in [-0.4, -0.2) is 36.5 Å². The molecule has 8 heteroatoms. The van der Waals surface area contributed by atoms with Gasteiger partial charge in [-0.25, -0.2) is 0 Å². The molecule has 2 amide bonds. The summed E-state index contributed by atoms with van der Waals surface area (Å²) in [5.74, 6) is -0.628. The Labute approximate surface area is 180 Å². The molecule has 28 heavy (non-hydrogen) atoms. The van der Waals surface area contributed by atoms with Crippen LogP contribution in [0, 0.1) is 0 Å². The molecule has 0 spiro atoms. The van der Waals surface area contributed by atoms with Crippen molar-refractivity contribution in [3.8, 4) is 0 Å². The summed E-state index contributed by atoms with van der Waals surface area (Å²) in [7, 11) is 0. The molecule has 0 unspecified atom stereocenters. The summed E-state index contributed by atoms with van der Waals surface area (Å²) in [4.78, 5) is 25.1. The monoisotopic (exact) mass is 510 g/mol. The lowest BCUT2D eigenvalue weighted by molar-refractivity contribution is -0.220. The summed E-state index contributed by atoms with van der Waals surface area (Å²) in [6.07, 6.45) is -2.12. The summed E-state index contributed by atoms with van der Waals surface area (Å²) in [6.45, 7) is 3.71. The van der Waals surface area contributed by atoms with Gasteiger partial charge in [0.15, 0.2) is 12.5 Å². The number of carbonyl (C=O) groups excluding carboxylic acids is 2. The van der Waals surface area contributed by atoms with Crippen LogP contribution in [0.4, 0.5) is 0 Å². The van der Waals surface area contributed by atoms with Crippen molar-refractivity contribution in [1.29, 1.82) is 0 Å². The van der Waals surface area contributed by atoms with Crippen LogP contribution in [0.2, 0.25) is 0 Å². The molecule has 0 bridgehead atoms. The van der Waals surface area contributed by atoms with E-state index in [2.05, 4.69) is 42.5 Å². The van der Waals surface area contributed by atoms with E-state index < -0.39 is 12.5 Å². The summed E-state index contributed by atoms with van der Waals surface area (Å²) >= 11 is 6.69. The maximum atomic E-state index is 12.6. The molecule has 6 nitrogen and oxygen atoms in total. The van der Waals surface area contributed by atoms with Crippen LogP contribution < -0.4 is 10.6 Å². The fourth-order valence-electron chi connectivity index (χ4n) is 2.67. The molecule has 1 aliphatic heterocycles. The highest BCUT2D eigenvalue weighted by Gasteiger charge is 2.37. The first-order valence-electron chi connectivity index (χ1n) is 8.77. The number of rotatable bonds is 4. The van der Waals surface area contributed by atoms with E-state index in [1.54, 1.807) is 48.5 Å². The number of benzene rings is 2. The molecule has 1 fully saturated rings. The zero-order chi connectivity index (χ0) is 20.3. The van der Waals surface area contributed by atoms with E-state index in [1.165, 1.54) is 0 Å². The third kappa shape index (κ3) is 5.20. The smallest absolute Gasteiger partial charge is 0.253 e. The van der Waals surface area contributed by atoms with E-state index in [-0.39, 0.29) is 24.0 Å². The highest BCUT2D eigenvalue weighted by molar-refractivity contribution is 9.10. The van der Waals surface area contributed by atoms with E-state index in [4.69, 9.17) is 9.47 Å². The van der Waals surface area contributed by atoms with Gasteiger partial charge in [0.1, 0.15) is 0 Å². The van der Waals surface area contributed by atoms with Crippen molar-refractivity contribution in [3.63, 3.8) is 0 Å². The lowest BCUT2D eigenvalue weighted by Crippen LogP contribution is -2.61. The Bertz CT molecular complexity index is 771. The van der Waals surface area contributed by atoms with Crippen LogP contribution in [0.1, 0.15) is 34.6 Å². The maximum Gasteiger partial charge on any atom is 0.253 e. The van der Waals surface area contributed by atoms with Crippen LogP contribution in [0.5, 0.6) is 0 Å². The molecule has 2 N–H and O–H groups in total. The molecule has 148 valence electrons. The maximum absolute atomic E-state index is 12.6. The Morgan fingerprint density at radius 3 is 1.36 bits per heavy atom. The second-order valence-corrected chi connectivity index (χ2v) is 8.32. The first kappa shape index (κ1) is 21.0. The lowest BCUT2D eigenvalue weighted by Gasteiger charge is -2.39. The van der Waals surface area contributed by atoms with Crippen molar-refractivity contribution < 1.29 is 19.1 Å². The van der Waals surface area contributed by atoms with Crippen molar-refractivity contribution >= 4 is 43.7 Å². The molecule has 2 aromatic rings. The number of halogens is 2. The van der Waals surface area contributed by atoms with Crippen LogP contribution in [0.3, 0.4) is 0 Å². The van der Waals surface area contributed by atoms with Gasteiger partial charge in [0.2, 0.25) is 0 Å². The number of nitrogens with one attached hydrogen (secondary N) is 2. The molecule has 4 atom stereocenters. The number of ether oxygens (including phenoxy) is 2.